The van der Waals surface area contributed by atoms with Crippen LogP contribution in [0.4, 0.5) is 0 Å². The summed E-state index contributed by atoms with van der Waals surface area (Å²) in [5.41, 5.74) is 3.56. The minimum atomic E-state index is 0.151. The molecule has 1 unspecified atom stereocenters. The molecule has 2 aromatic heterocycles. The minimum absolute atomic E-state index is 0.151. The van der Waals surface area contributed by atoms with Gasteiger partial charge in [-0.15, -0.1) is 21.5 Å². The number of thioether (sulfide) groups is 1. The van der Waals surface area contributed by atoms with Gasteiger partial charge in [0.2, 0.25) is 0 Å². The lowest BCUT2D eigenvalue weighted by atomic mass is 9.90. The van der Waals surface area contributed by atoms with Gasteiger partial charge < -0.3 is 4.74 Å². The number of aryl methyl sites for hydroxylation is 2. The molecule has 0 spiro atoms. The monoisotopic (exact) mass is 439 g/mol. The van der Waals surface area contributed by atoms with Crippen molar-refractivity contribution < 1.29 is 9.53 Å². The van der Waals surface area contributed by atoms with E-state index in [1.165, 1.54) is 35.7 Å². The lowest BCUT2D eigenvalue weighted by Crippen LogP contribution is -2.17. The fourth-order valence-corrected chi connectivity index (χ4v) is 5.82. The molecular weight excluding hydrogens is 414 g/mol. The maximum atomic E-state index is 12.9. The molecule has 0 bridgehead atoms. The number of aromatic nitrogens is 3. The lowest BCUT2D eigenvalue weighted by molar-refractivity contribution is 0.0953. The van der Waals surface area contributed by atoms with E-state index in [2.05, 4.69) is 33.0 Å². The third-order valence-electron chi connectivity index (χ3n) is 5.87. The van der Waals surface area contributed by atoms with Crippen molar-refractivity contribution in [3.8, 4) is 10.7 Å². The molecule has 0 N–H and O–H groups in total. The molecule has 0 radical (unpaired) electrons. The Morgan fingerprint density at radius 2 is 2.07 bits per heavy atom. The van der Waals surface area contributed by atoms with Gasteiger partial charge in [0.05, 0.1) is 23.3 Å². The molecule has 2 aliphatic rings. The molecule has 0 saturated carbocycles. The Kier molecular flexibility index (Phi) is 6.02. The summed E-state index contributed by atoms with van der Waals surface area (Å²) in [6.45, 7) is 1.55. The third-order valence-corrected chi connectivity index (χ3v) is 7.70. The van der Waals surface area contributed by atoms with Crippen molar-refractivity contribution in [1.82, 2.24) is 14.8 Å². The molecule has 1 saturated heterocycles. The summed E-state index contributed by atoms with van der Waals surface area (Å²) in [4.78, 5) is 14.0. The van der Waals surface area contributed by atoms with E-state index in [4.69, 9.17) is 4.74 Å². The molecule has 0 amide bonds. The number of benzene rings is 1. The average molecular weight is 440 g/mol. The van der Waals surface area contributed by atoms with Gasteiger partial charge in [0.15, 0.2) is 16.8 Å². The van der Waals surface area contributed by atoms with Gasteiger partial charge in [0.25, 0.3) is 0 Å². The van der Waals surface area contributed by atoms with Crippen LogP contribution >= 0.6 is 23.1 Å². The number of carbonyl (C=O) groups excluding carboxylic acids is 1. The van der Waals surface area contributed by atoms with Crippen molar-refractivity contribution >= 4 is 28.9 Å². The van der Waals surface area contributed by atoms with Crippen LogP contribution < -0.4 is 0 Å². The highest BCUT2D eigenvalue weighted by Crippen LogP contribution is 2.30. The Bertz CT molecular complexity index is 1020. The highest BCUT2D eigenvalue weighted by Gasteiger charge is 2.23. The van der Waals surface area contributed by atoms with Gasteiger partial charge in [0.1, 0.15) is 0 Å². The van der Waals surface area contributed by atoms with Gasteiger partial charge in [-0.1, -0.05) is 30.0 Å². The van der Waals surface area contributed by atoms with E-state index in [0.717, 1.165) is 60.3 Å². The summed E-state index contributed by atoms with van der Waals surface area (Å²) in [6.07, 6.45) is 7.04. The van der Waals surface area contributed by atoms with Gasteiger partial charge in [-0.3, -0.25) is 9.36 Å². The van der Waals surface area contributed by atoms with E-state index < -0.39 is 0 Å². The lowest BCUT2D eigenvalue weighted by Gasteiger charge is -2.16. The third kappa shape index (κ3) is 4.24. The zero-order chi connectivity index (χ0) is 20.3. The molecular formula is C23H25N3O2S2. The first-order valence-electron chi connectivity index (χ1n) is 10.6. The second-order valence-corrected chi connectivity index (χ2v) is 9.82. The normalized spacial score (nSPS) is 18.5. The molecule has 156 valence electrons. The Balaban J connectivity index is 1.33. The van der Waals surface area contributed by atoms with Crippen molar-refractivity contribution in [3.05, 3.63) is 52.4 Å². The van der Waals surface area contributed by atoms with Gasteiger partial charge in [-0.2, -0.15) is 0 Å². The molecule has 5 nitrogen and oxygen atoms in total. The van der Waals surface area contributed by atoms with Crippen LogP contribution in [0.3, 0.4) is 0 Å². The number of carbonyl (C=O) groups is 1. The number of hydrogen-bond acceptors (Lipinski definition) is 6. The number of ether oxygens (including phenoxy) is 1. The summed E-state index contributed by atoms with van der Waals surface area (Å²) in [5.74, 6) is 1.38. The molecule has 1 aliphatic heterocycles. The van der Waals surface area contributed by atoms with Gasteiger partial charge >= 0.3 is 0 Å². The highest BCUT2D eigenvalue weighted by atomic mass is 32.2. The Labute approximate surface area is 184 Å². The standard InChI is InChI=1S/C23H25N3O2S2/c27-20(18-10-9-16-5-1-2-6-17(16)13-18)15-30-23-25-24-22(21-8-4-12-29-21)26(23)14-19-7-3-11-28-19/h4,8-10,12-13,19H,1-3,5-7,11,14-15H2. The SMILES string of the molecule is O=C(CSc1nnc(-c2cccs2)n1CC1CCCO1)c1ccc2c(c1)CCCC2. The molecule has 1 atom stereocenters. The van der Waals surface area contributed by atoms with Gasteiger partial charge in [0, 0.05) is 12.2 Å². The molecule has 3 aromatic rings. The predicted molar refractivity (Wildman–Crippen MR) is 120 cm³/mol. The highest BCUT2D eigenvalue weighted by molar-refractivity contribution is 7.99. The number of thiophene rings is 1. The van der Waals surface area contributed by atoms with Crippen LogP contribution in [0.25, 0.3) is 10.7 Å². The van der Waals surface area contributed by atoms with E-state index >= 15 is 0 Å². The molecule has 1 aliphatic carbocycles. The number of rotatable bonds is 7. The molecule has 3 heterocycles. The van der Waals surface area contributed by atoms with Crippen LogP contribution in [0.15, 0.2) is 40.9 Å². The van der Waals surface area contributed by atoms with Crippen molar-refractivity contribution in [3.63, 3.8) is 0 Å². The molecule has 7 heteroatoms. The topological polar surface area (TPSA) is 57.0 Å². The van der Waals surface area contributed by atoms with Gasteiger partial charge in [-0.25, -0.2) is 0 Å². The summed E-state index contributed by atoms with van der Waals surface area (Å²) in [6, 6.07) is 10.3. The van der Waals surface area contributed by atoms with Gasteiger partial charge in [-0.05, 0) is 67.2 Å². The summed E-state index contributed by atoms with van der Waals surface area (Å²) < 4.78 is 7.98. The first-order chi connectivity index (χ1) is 14.8. The van der Waals surface area contributed by atoms with E-state index in [9.17, 15) is 4.79 Å². The van der Waals surface area contributed by atoms with Crippen LogP contribution in [0.1, 0.15) is 47.2 Å². The number of fused-ring (bicyclic) bond motifs is 1. The quantitative estimate of drug-likeness (QED) is 0.381. The van der Waals surface area contributed by atoms with Crippen LogP contribution in [0, 0.1) is 0 Å². The van der Waals surface area contributed by atoms with Crippen molar-refractivity contribution in [1.29, 1.82) is 0 Å². The Morgan fingerprint density at radius 1 is 1.17 bits per heavy atom. The number of hydrogen-bond donors (Lipinski definition) is 0. The molecule has 30 heavy (non-hydrogen) atoms. The van der Waals surface area contributed by atoms with Crippen LogP contribution in [0.2, 0.25) is 0 Å². The number of Topliss-reactive ketones (excluding diaryl/α,β-unsaturated/α-hetero) is 1. The number of ketones is 1. The fourth-order valence-electron chi connectivity index (χ4n) is 4.26. The summed E-state index contributed by atoms with van der Waals surface area (Å²) >= 11 is 3.13. The fraction of sp³-hybridized carbons (Fsp3) is 0.435. The largest absolute Gasteiger partial charge is 0.376 e. The minimum Gasteiger partial charge on any atom is -0.376 e. The zero-order valence-electron chi connectivity index (χ0n) is 16.9. The average Bonchev–Trinajstić information content (AvgIpc) is 3.54. The van der Waals surface area contributed by atoms with Crippen LogP contribution in [0.5, 0.6) is 0 Å². The van der Waals surface area contributed by atoms with Crippen LogP contribution in [-0.4, -0.2) is 39.0 Å². The first kappa shape index (κ1) is 20.0. The number of nitrogens with zero attached hydrogens (tertiary/aromatic N) is 3. The summed E-state index contributed by atoms with van der Waals surface area (Å²) in [5, 5.41) is 11.7. The Morgan fingerprint density at radius 3 is 2.87 bits per heavy atom. The summed E-state index contributed by atoms with van der Waals surface area (Å²) in [7, 11) is 0. The smallest absolute Gasteiger partial charge is 0.192 e. The van der Waals surface area contributed by atoms with Crippen molar-refractivity contribution in [2.75, 3.05) is 12.4 Å². The second-order valence-electron chi connectivity index (χ2n) is 7.93. The van der Waals surface area contributed by atoms with E-state index in [-0.39, 0.29) is 11.9 Å². The van der Waals surface area contributed by atoms with E-state index in [1.54, 1.807) is 11.3 Å². The predicted octanol–water partition coefficient (Wildman–Crippen LogP) is 5.04. The molecule has 5 rings (SSSR count). The van der Waals surface area contributed by atoms with Crippen molar-refractivity contribution in [2.24, 2.45) is 0 Å². The second kappa shape index (κ2) is 9.04. The van der Waals surface area contributed by atoms with E-state index in [1.807, 2.05) is 17.5 Å². The Hall–Kier alpha value is -1.96. The van der Waals surface area contributed by atoms with E-state index in [0.29, 0.717) is 5.75 Å². The molecule has 1 aromatic carbocycles. The maximum Gasteiger partial charge on any atom is 0.192 e. The maximum absolute atomic E-state index is 12.9. The van der Waals surface area contributed by atoms with Crippen LogP contribution in [-0.2, 0) is 24.1 Å². The van der Waals surface area contributed by atoms with Crippen molar-refractivity contribution in [2.45, 2.75) is 56.3 Å². The molecule has 1 fully saturated rings. The zero-order valence-corrected chi connectivity index (χ0v) is 18.5. The first-order valence-corrected chi connectivity index (χ1v) is 12.5.